The van der Waals surface area contributed by atoms with E-state index >= 15 is 0 Å². The van der Waals surface area contributed by atoms with E-state index in [0.29, 0.717) is 31.0 Å². The first kappa shape index (κ1) is 21.6. The van der Waals surface area contributed by atoms with Gasteiger partial charge in [0, 0.05) is 13.1 Å². The van der Waals surface area contributed by atoms with Crippen LogP contribution in [-0.2, 0) is 29.1 Å². The number of carbonyl (C=O) groups is 2. The number of ether oxygens (including phenoxy) is 2. The zero-order chi connectivity index (χ0) is 22.7. The van der Waals surface area contributed by atoms with Crippen molar-refractivity contribution in [2.24, 2.45) is 0 Å². The Bertz CT molecular complexity index is 1100. The Hall–Kier alpha value is -3.61. The van der Waals surface area contributed by atoms with Gasteiger partial charge in [0.1, 0.15) is 18.1 Å². The molecule has 0 bridgehead atoms. The Kier molecular flexibility index (Phi) is 6.25. The molecule has 0 fully saturated rings. The van der Waals surface area contributed by atoms with Crippen LogP contribution in [0.2, 0.25) is 0 Å². The second kappa shape index (κ2) is 9.26. The van der Waals surface area contributed by atoms with Crippen LogP contribution in [0.15, 0.2) is 53.1 Å². The van der Waals surface area contributed by atoms with Gasteiger partial charge in [-0.05, 0) is 62.6 Å². The molecule has 3 aromatic rings. The zero-order valence-electron chi connectivity index (χ0n) is 18.5. The van der Waals surface area contributed by atoms with Crippen molar-refractivity contribution in [3.05, 3.63) is 82.2 Å². The van der Waals surface area contributed by atoms with Crippen LogP contribution in [0.3, 0.4) is 0 Å². The Morgan fingerprint density at radius 3 is 2.50 bits per heavy atom. The number of fused-ring (bicyclic) bond motifs is 1. The van der Waals surface area contributed by atoms with E-state index in [9.17, 15) is 9.59 Å². The van der Waals surface area contributed by atoms with Crippen LogP contribution in [0.25, 0.3) is 0 Å². The van der Waals surface area contributed by atoms with Crippen LogP contribution in [0.5, 0.6) is 5.75 Å². The summed E-state index contributed by atoms with van der Waals surface area (Å²) in [5, 5.41) is 3.91. The lowest BCUT2D eigenvalue weighted by Gasteiger charge is -2.30. The van der Waals surface area contributed by atoms with Crippen molar-refractivity contribution in [2.75, 3.05) is 6.54 Å². The Morgan fingerprint density at radius 1 is 1.09 bits per heavy atom. The molecule has 1 aliphatic heterocycles. The van der Waals surface area contributed by atoms with Gasteiger partial charge in [0.25, 0.3) is 5.91 Å². The van der Waals surface area contributed by atoms with Crippen LogP contribution in [0.4, 0.5) is 0 Å². The Morgan fingerprint density at radius 2 is 1.81 bits per heavy atom. The molecule has 4 rings (SSSR count). The quantitative estimate of drug-likeness (QED) is 0.546. The largest absolute Gasteiger partial charge is 0.489 e. The van der Waals surface area contributed by atoms with E-state index in [1.54, 1.807) is 36.1 Å². The van der Waals surface area contributed by atoms with E-state index in [0.717, 1.165) is 29.0 Å². The second-order valence-corrected chi connectivity index (χ2v) is 7.94. The highest BCUT2D eigenvalue weighted by molar-refractivity contribution is 5.92. The minimum Gasteiger partial charge on any atom is -0.489 e. The molecular formula is C25H26N2O5. The number of aromatic nitrogens is 1. The SMILES string of the molecule is Cc1noc(C)c1COc1ccc(C(=O)O[C@@H](C)C(=O)N2CCc3ccccc3C2)cc1. The molecule has 2 heterocycles. The fraction of sp³-hybridized carbons (Fsp3) is 0.320. The monoisotopic (exact) mass is 434 g/mol. The molecule has 2 aromatic carbocycles. The molecule has 1 aliphatic rings. The van der Waals surface area contributed by atoms with Crippen LogP contribution in [0, 0.1) is 13.8 Å². The summed E-state index contributed by atoms with van der Waals surface area (Å²) >= 11 is 0. The van der Waals surface area contributed by atoms with Crippen molar-refractivity contribution >= 4 is 11.9 Å². The van der Waals surface area contributed by atoms with Crippen molar-refractivity contribution in [1.29, 1.82) is 0 Å². The maximum Gasteiger partial charge on any atom is 0.338 e. The zero-order valence-corrected chi connectivity index (χ0v) is 18.5. The maximum atomic E-state index is 12.8. The van der Waals surface area contributed by atoms with Gasteiger partial charge in [-0.3, -0.25) is 4.79 Å². The first-order valence-corrected chi connectivity index (χ1v) is 10.6. The molecule has 0 radical (unpaired) electrons. The van der Waals surface area contributed by atoms with E-state index in [1.807, 2.05) is 32.0 Å². The molecule has 0 saturated carbocycles. The van der Waals surface area contributed by atoms with Crippen molar-refractivity contribution in [3.8, 4) is 5.75 Å². The molecule has 32 heavy (non-hydrogen) atoms. The summed E-state index contributed by atoms with van der Waals surface area (Å²) in [7, 11) is 0. The highest BCUT2D eigenvalue weighted by Crippen LogP contribution is 2.21. The summed E-state index contributed by atoms with van der Waals surface area (Å²) in [5.41, 5.74) is 4.45. The summed E-state index contributed by atoms with van der Waals surface area (Å²) in [6, 6.07) is 14.7. The summed E-state index contributed by atoms with van der Waals surface area (Å²) in [6.45, 7) is 6.79. The number of aryl methyl sites for hydroxylation is 2. The van der Waals surface area contributed by atoms with Crippen LogP contribution >= 0.6 is 0 Å². The minimum absolute atomic E-state index is 0.188. The van der Waals surface area contributed by atoms with E-state index in [2.05, 4.69) is 11.2 Å². The molecule has 1 atom stereocenters. The first-order valence-electron chi connectivity index (χ1n) is 10.6. The van der Waals surface area contributed by atoms with Crippen LogP contribution in [0.1, 0.15) is 45.4 Å². The predicted octanol–water partition coefficient (Wildman–Crippen LogP) is 4.00. The first-order chi connectivity index (χ1) is 15.4. The number of amides is 1. The van der Waals surface area contributed by atoms with E-state index < -0.39 is 12.1 Å². The summed E-state index contributed by atoms with van der Waals surface area (Å²) in [4.78, 5) is 27.1. The number of esters is 1. The molecule has 0 aliphatic carbocycles. The van der Waals surface area contributed by atoms with Gasteiger partial charge in [-0.1, -0.05) is 29.4 Å². The molecule has 7 heteroatoms. The van der Waals surface area contributed by atoms with Crippen LogP contribution < -0.4 is 4.74 Å². The Balaban J connectivity index is 1.32. The number of carbonyl (C=O) groups excluding carboxylic acids is 2. The second-order valence-electron chi connectivity index (χ2n) is 7.94. The van der Waals surface area contributed by atoms with E-state index in [4.69, 9.17) is 14.0 Å². The van der Waals surface area contributed by atoms with Gasteiger partial charge in [-0.2, -0.15) is 0 Å². The van der Waals surface area contributed by atoms with Gasteiger partial charge in [-0.25, -0.2) is 4.79 Å². The average Bonchev–Trinajstić information content (AvgIpc) is 3.14. The number of hydrogen-bond acceptors (Lipinski definition) is 6. The lowest BCUT2D eigenvalue weighted by Crippen LogP contribution is -2.42. The fourth-order valence-electron chi connectivity index (χ4n) is 3.77. The van der Waals surface area contributed by atoms with Crippen LogP contribution in [-0.4, -0.2) is 34.6 Å². The number of rotatable bonds is 6. The molecule has 7 nitrogen and oxygen atoms in total. The lowest BCUT2D eigenvalue weighted by atomic mass is 9.99. The number of hydrogen-bond donors (Lipinski definition) is 0. The summed E-state index contributed by atoms with van der Waals surface area (Å²) < 4.78 is 16.3. The van der Waals surface area contributed by atoms with E-state index in [-0.39, 0.29) is 5.91 Å². The third-order valence-corrected chi connectivity index (χ3v) is 5.73. The molecule has 166 valence electrons. The number of benzene rings is 2. The van der Waals surface area contributed by atoms with E-state index in [1.165, 1.54) is 5.56 Å². The standard InChI is InChI=1S/C25H26N2O5/c1-16-23(17(2)32-26-16)15-30-22-10-8-20(9-11-22)25(29)31-18(3)24(28)27-13-12-19-6-4-5-7-21(19)14-27/h4-11,18H,12-15H2,1-3H3/t18-/m0/s1. The lowest BCUT2D eigenvalue weighted by molar-refractivity contribution is -0.140. The molecule has 1 amide bonds. The molecule has 0 N–H and O–H groups in total. The number of nitrogens with zero attached hydrogens (tertiary/aromatic N) is 2. The molecule has 0 saturated heterocycles. The van der Waals surface area contributed by atoms with Gasteiger partial charge in [0.15, 0.2) is 6.10 Å². The molecule has 0 unspecified atom stereocenters. The topological polar surface area (TPSA) is 81.9 Å². The van der Waals surface area contributed by atoms with Gasteiger partial charge < -0.3 is 18.9 Å². The van der Waals surface area contributed by atoms with Gasteiger partial charge in [0.2, 0.25) is 0 Å². The fourth-order valence-corrected chi connectivity index (χ4v) is 3.77. The maximum absolute atomic E-state index is 12.8. The van der Waals surface area contributed by atoms with Gasteiger partial charge in [-0.15, -0.1) is 0 Å². The third kappa shape index (κ3) is 4.66. The Labute approximate surface area is 186 Å². The summed E-state index contributed by atoms with van der Waals surface area (Å²) in [6.07, 6.45) is -0.0546. The highest BCUT2D eigenvalue weighted by Gasteiger charge is 2.27. The molecular weight excluding hydrogens is 408 g/mol. The normalized spacial score (nSPS) is 13.9. The minimum atomic E-state index is -0.858. The van der Waals surface area contributed by atoms with Crippen molar-refractivity contribution in [3.63, 3.8) is 0 Å². The third-order valence-electron chi connectivity index (χ3n) is 5.73. The van der Waals surface area contributed by atoms with Gasteiger partial charge in [0.05, 0.1) is 16.8 Å². The molecule has 1 aromatic heterocycles. The summed E-state index contributed by atoms with van der Waals surface area (Å²) in [5.74, 6) is 0.601. The van der Waals surface area contributed by atoms with Crippen molar-refractivity contribution in [1.82, 2.24) is 10.1 Å². The highest BCUT2D eigenvalue weighted by atomic mass is 16.5. The average molecular weight is 434 g/mol. The molecule has 0 spiro atoms. The van der Waals surface area contributed by atoms with Crippen molar-refractivity contribution in [2.45, 2.75) is 46.4 Å². The smallest absolute Gasteiger partial charge is 0.338 e. The predicted molar refractivity (Wildman–Crippen MR) is 117 cm³/mol. The van der Waals surface area contributed by atoms with Gasteiger partial charge >= 0.3 is 5.97 Å². The van der Waals surface area contributed by atoms with Crippen molar-refractivity contribution < 1.29 is 23.6 Å².